The van der Waals surface area contributed by atoms with Gasteiger partial charge in [0, 0.05) is 36.2 Å². The number of nitrogens with zero attached hydrogens (tertiary/aromatic N) is 4. The maximum absolute atomic E-state index is 13.1. The number of aryl methyl sites for hydroxylation is 1. The number of carbonyl (C=O) groups excluding carboxylic acids is 1. The Morgan fingerprint density at radius 2 is 1.80 bits per heavy atom. The Labute approximate surface area is 205 Å². The van der Waals surface area contributed by atoms with E-state index in [0.29, 0.717) is 31.6 Å². The van der Waals surface area contributed by atoms with Crippen LogP contribution in [-0.2, 0) is 10.2 Å². The molecule has 3 heterocycles. The molecule has 2 aromatic heterocycles. The summed E-state index contributed by atoms with van der Waals surface area (Å²) in [5.74, 6) is -1.21. The zero-order chi connectivity index (χ0) is 25.8. The zero-order valence-corrected chi connectivity index (χ0v) is 21.6. The predicted molar refractivity (Wildman–Crippen MR) is 128 cm³/mol. The van der Waals surface area contributed by atoms with Crippen LogP contribution < -0.4 is 0 Å². The summed E-state index contributed by atoms with van der Waals surface area (Å²) in [5, 5.41) is 4.91. The molecule has 1 saturated heterocycles. The number of aromatic nitrogens is 3. The highest BCUT2D eigenvalue weighted by Crippen LogP contribution is 2.43. The smallest absolute Gasteiger partial charge is 0.410 e. The van der Waals surface area contributed by atoms with Gasteiger partial charge in [-0.05, 0) is 78.7 Å². The molecule has 4 rings (SSSR count). The molecule has 1 saturated carbocycles. The van der Waals surface area contributed by atoms with Gasteiger partial charge < -0.3 is 9.64 Å². The van der Waals surface area contributed by atoms with Gasteiger partial charge in [0.1, 0.15) is 5.60 Å². The van der Waals surface area contributed by atoms with Crippen LogP contribution in [0.3, 0.4) is 0 Å². The lowest BCUT2D eigenvalue weighted by atomic mass is 9.77. The number of halogens is 3. The van der Waals surface area contributed by atoms with Crippen molar-refractivity contribution >= 4 is 11.7 Å². The zero-order valence-electron chi connectivity index (χ0n) is 21.6. The molecule has 0 radical (unpaired) electrons. The number of fused-ring (bicyclic) bond motifs is 1. The second kappa shape index (κ2) is 8.96. The highest BCUT2D eigenvalue weighted by Gasteiger charge is 2.43. The fraction of sp³-hybridized carbons (Fsp3) is 0.731. The molecule has 0 bridgehead atoms. The summed E-state index contributed by atoms with van der Waals surface area (Å²) < 4.78 is 46.9. The first-order chi connectivity index (χ1) is 16.2. The van der Waals surface area contributed by atoms with Crippen molar-refractivity contribution < 1.29 is 22.7 Å². The van der Waals surface area contributed by atoms with Gasteiger partial charge in [-0.25, -0.2) is 14.3 Å². The molecule has 0 unspecified atom stereocenters. The maximum Gasteiger partial charge on any atom is 0.410 e. The highest BCUT2D eigenvalue weighted by atomic mass is 19.4. The third-order valence-electron chi connectivity index (χ3n) is 7.63. The molecule has 1 atom stereocenters. The standard InChI is InChI=1S/C26H37F3N4O2/c1-16-17(2)30-21-14-20(18-8-10-19(11-9-18)26(27,28)29)31-33(21)22(16)25(6)12-7-13-32(15-25)23(34)35-24(3,4)5/h14,18-19H,7-13,15H2,1-6H3/t18?,19?,25-/m1/s1. The van der Waals surface area contributed by atoms with Gasteiger partial charge in [0.05, 0.1) is 17.3 Å². The first kappa shape index (κ1) is 25.8. The highest BCUT2D eigenvalue weighted by molar-refractivity contribution is 5.68. The number of likely N-dealkylation sites (tertiary alicyclic amines) is 1. The Morgan fingerprint density at radius 1 is 1.14 bits per heavy atom. The van der Waals surface area contributed by atoms with Crippen molar-refractivity contribution in [2.75, 3.05) is 13.1 Å². The van der Waals surface area contributed by atoms with E-state index in [1.165, 1.54) is 0 Å². The summed E-state index contributed by atoms with van der Waals surface area (Å²) in [4.78, 5) is 19.4. The Morgan fingerprint density at radius 3 is 2.40 bits per heavy atom. The molecule has 0 spiro atoms. The Kier molecular flexibility index (Phi) is 6.60. The number of amides is 1. The molecule has 1 amide bonds. The van der Waals surface area contributed by atoms with Crippen molar-refractivity contribution in [2.24, 2.45) is 5.92 Å². The fourth-order valence-electron chi connectivity index (χ4n) is 5.76. The number of alkyl halides is 3. The molecule has 9 heteroatoms. The van der Waals surface area contributed by atoms with Crippen LogP contribution in [-0.4, -0.2) is 50.5 Å². The number of hydrogen-bond acceptors (Lipinski definition) is 4. The Balaban J connectivity index is 1.65. The second-order valence-electron chi connectivity index (χ2n) is 11.7. The molecule has 6 nitrogen and oxygen atoms in total. The molecule has 194 valence electrons. The molecular formula is C26H37F3N4O2. The van der Waals surface area contributed by atoms with Gasteiger partial charge in [-0.2, -0.15) is 18.3 Å². The van der Waals surface area contributed by atoms with Crippen LogP contribution in [0.4, 0.5) is 18.0 Å². The number of hydrogen-bond donors (Lipinski definition) is 0. The van der Waals surface area contributed by atoms with E-state index in [9.17, 15) is 18.0 Å². The van der Waals surface area contributed by atoms with Gasteiger partial charge in [-0.15, -0.1) is 0 Å². The average Bonchev–Trinajstić information content (AvgIpc) is 3.15. The van der Waals surface area contributed by atoms with Crippen LogP contribution in [0.5, 0.6) is 0 Å². The molecule has 2 aliphatic rings. The van der Waals surface area contributed by atoms with E-state index in [4.69, 9.17) is 14.8 Å². The van der Waals surface area contributed by atoms with Crippen LogP contribution >= 0.6 is 0 Å². The lowest BCUT2D eigenvalue weighted by Gasteiger charge is -2.41. The monoisotopic (exact) mass is 494 g/mol. The van der Waals surface area contributed by atoms with Crippen molar-refractivity contribution in [1.82, 2.24) is 19.5 Å². The van der Waals surface area contributed by atoms with Crippen LogP contribution in [0.15, 0.2) is 6.07 Å². The van der Waals surface area contributed by atoms with Crippen molar-refractivity contribution in [3.8, 4) is 0 Å². The van der Waals surface area contributed by atoms with Gasteiger partial charge in [0.2, 0.25) is 0 Å². The van der Waals surface area contributed by atoms with Gasteiger partial charge in [-0.3, -0.25) is 0 Å². The summed E-state index contributed by atoms with van der Waals surface area (Å²) in [5.41, 5.74) is 3.55. The minimum absolute atomic E-state index is 0.00110. The molecule has 2 fully saturated rings. The summed E-state index contributed by atoms with van der Waals surface area (Å²) in [6, 6.07) is 1.94. The minimum atomic E-state index is -4.12. The van der Waals surface area contributed by atoms with Crippen LogP contribution in [0, 0.1) is 19.8 Å². The quantitative estimate of drug-likeness (QED) is 0.480. The summed E-state index contributed by atoms with van der Waals surface area (Å²) in [6.45, 7) is 12.9. The average molecular weight is 495 g/mol. The van der Waals surface area contributed by atoms with Gasteiger partial charge in [0.15, 0.2) is 5.65 Å². The van der Waals surface area contributed by atoms with Gasteiger partial charge >= 0.3 is 12.3 Å². The minimum Gasteiger partial charge on any atom is -0.444 e. The third-order valence-corrected chi connectivity index (χ3v) is 7.63. The normalized spacial score (nSPS) is 26.3. The second-order valence-corrected chi connectivity index (χ2v) is 11.7. The van der Waals surface area contributed by atoms with Crippen LogP contribution in [0.25, 0.3) is 5.65 Å². The number of ether oxygens (including phenoxy) is 1. The number of piperidine rings is 1. The van der Waals surface area contributed by atoms with Crippen molar-refractivity contribution in [2.45, 2.75) is 103 Å². The van der Waals surface area contributed by atoms with E-state index in [2.05, 4.69) is 6.92 Å². The van der Waals surface area contributed by atoms with Crippen molar-refractivity contribution in [3.05, 3.63) is 28.7 Å². The first-order valence-electron chi connectivity index (χ1n) is 12.6. The molecule has 1 aliphatic carbocycles. The molecule has 1 aliphatic heterocycles. The lowest BCUT2D eigenvalue weighted by molar-refractivity contribution is -0.182. The Bertz CT molecular complexity index is 1100. The van der Waals surface area contributed by atoms with Crippen LogP contribution in [0.2, 0.25) is 0 Å². The van der Waals surface area contributed by atoms with Crippen molar-refractivity contribution in [3.63, 3.8) is 0 Å². The molecular weight excluding hydrogens is 457 g/mol. The number of rotatable bonds is 2. The molecule has 0 aromatic carbocycles. The van der Waals surface area contributed by atoms with E-state index in [0.717, 1.165) is 35.5 Å². The van der Waals surface area contributed by atoms with E-state index < -0.39 is 17.7 Å². The summed E-state index contributed by atoms with van der Waals surface area (Å²) in [7, 11) is 0. The van der Waals surface area contributed by atoms with E-state index in [1.54, 1.807) is 4.90 Å². The molecule has 0 N–H and O–H groups in total. The molecule has 35 heavy (non-hydrogen) atoms. The van der Waals surface area contributed by atoms with Gasteiger partial charge in [0.25, 0.3) is 0 Å². The summed E-state index contributed by atoms with van der Waals surface area (Å²) >= 11 is 0. The molecule has 2 aromatic rings. The lowest BCUT2D eigenvalue weighted by Crippen LogP contribution is -2.49. The largest absolute Gasteiger partial charge is 0.444 e. The Hall–Kier alpha value is -2.32. The fourth-order valence-corrected chi connectivity index (χ4v) is 5.76. The SMILES string of the molecule is Cc1nc2cc(C3CCC(C(F)(F)F)CC3)nn2c([C@]2(C)CCCN(C(=O)OC(C)(C)C)C2)c1C. The maximum atomic E-state index is 13.1. The van der Waals surface area contributed by atoms with Crippen molar-refractivity contribution in [1.29, 1.82) is 0 Å². The van der Waals surface area contributed by atoms with E-state index in [-0.39, 0.29) is 30.3 Å². The van der Waals surface area contributed by atoms with E-state index >= 15 is 0 Å². The predicted octanol–water partition coefficient (Wildman–Crippen LogP) is 6.47. The third kappa shape index (κ3) is 5.28. The first-order valence-corrected chi connectivity index (χ1v) is 12.6. The van der Waals surface area contributed by atoms with Crippen LogP contribution in [0.1, 0.15) is 94.8 Å². The van der Waals surface area contributed by atoms with Gasteiger partial charge in [-0.1, -0.05) is 6.92 Å². The topological polar surface area (TPSA) is 59.7 Å². The number of carbonyl (C=O) groups is 1. The summed E-state index contributed by atoms with van der Waals surface area (Å²) in [6.07, 6.45) is -1.47. The van der Waals surface area contributed by atoms with E-state index in [1.807, 2.05) is 45.2 Å².